The number of hydrogen-bond acceptors (Lipinski definition) is 3. The fraction of sp³-hybridized carbons (Fsp3) is 0.923. The van der Waals surface area contributed by atoms with Crippen molar-refractivity contribution in [1.82, 2.24) is 5.32 Å². The first kappa shape index (κ1) is 16.4. The van der Waals surface area contributed by atoms with E-state index in [1.165, 1.54) is 0 Å². The second-order valence-electron chi connectivity index (χ2n) is 5.51. The molecule has 0 spiro atoms. The Hall–Kier alpha value is -0.610. The Morgan fingerprint density at radius 1 is 1.35 bits per heavy atom. The SMILES string of the molecule is CC(CC(=O)NCCCOCCO)C(C)(C)C. The molecule has 0 rings (SSSR count). The molecule has 0 aromatic carbocycles. The minimum atomic E-state index is 0.0510. The summed E-state index contributed by atoms with van der Waals surface area (Å²) in [6, 6.07) is 0. The van der Waals surface area contributed by atoms with Crippen LogP contribution in [0.4, 0.5) is 0 Å². The van der Waals surface area contributed by atoms with E-state index in [0.717, 1.165) is 6.42 Å². The lowest BCUT2D eigenvalue weighted by Gasteiger charge is -2.26. The first-order valence-corrected chi connectivity index (χ1v) is 6.33. The highest BCUT2D eigenvalue weighted by Crippen LogP contribution is 2.27. The van der Waals surface area contributed by atoms with Crippen molar-refractivity contribution in [3.05, 3.63) is 0 Å². The van der Waals surface area contributed by atoms with Gasteiger partial charge in [-0.1, -0.05) is 27.7 Å². The minimum absolute atomic E-state index is 0.0510. The van der Waals surface area contributed by atoms with E-state index >= 15 is 0 Å². The normalized spacial score (nSPS) is 13.5. The molecule has 0 fully saturated rings. The molecule has 102 valence electrons. The zero-order valence-corrected chi connectivity index (χ0v) is 11.6. The van der Waals surface area contributed by atoms with Gasteiger partial charge >= 0.3 is 0 Å². The lowest BCUT2D eigenvalue weighted by molar-refractivity contribution is -0.122. The summed E-state index contributed by atoms with van der Waals surface area (Å²) in [6.07, 6.45) is 1.36. The van der Waals surface area contributed by atoms with E-state index in [9.17, 15) is 4.79 Å². The number of rotatable bonds is 8. The van der Waals surface area contributed by atoms with E-state index in [1.54, 1.807) is 0 Å². The minimum Gasteiger partial charge on any atom is -0.394 e. The van der Waals surface area contributed by atoms with Gasteiger partial charge in [-0.25, -0.2) is 0 Å². The predicted molar refractivity (Wildman–Crippen MR) is 68.8 cm³/mol. The van der Waals surface area contributed by atoms with Crippen LogP contribution in [0, 0.1) is 11.3 Å². The van der Waals surface area contributed by atoms with Gasteiger partial charge in [0.25, 0.3) is 0 Å². The van der Waals surface area contributed by atoms with Crippen molar-refractivity contribution in [1.29, 1.82) is 0 Å². The molecule has 0 aliphatic rings. The lowest BCUT2D eigenvalue weighted by atomic mass is 9.80. The molecule has 1 atom stereocenters. The summed E-state index contributed by atoms with van der Waals surface area (Å²) in [5.74, 6) is 0.475. The van der Waals surface area contributed by atoms with E-state index in [4.69, 9.17) is 9.84 Å². The van der Waals surface area contributed by atoms with Gasteiger partial charge < -0.3 is 15.2 Å². The molecule has 0 aliphatic heterocycles. The molecule has 1 amide bonds. The molecule has 0 aliphatic carbocycles. The highest BCUT2D eigenvalue weighted by molar-refractivity contribution is 5.76. The number of ether oxygens (including phenoxy) is 1. The van der Waals surface area contributed by atoms with Crippen molar-refractivity contribution in [3.8, 4) is 0 Å². The number of aliphatic hydroxyl groups is 1. The zero-order chi connectivity index (χ0) is 13.3. The van der Waals surface area contributed by atoms with Crippen LogP contribution in [0.2, 0.25) is 0 Å². The molecular formula is C13H27NO3. The van der Waals surface area contributed by atoms with Gasteiger partial charge in [0, 0.05) is 19.6 Å². The van der Waals surface area contributed by atoms with E-state index < -0.39 is 0 Å². The summed E-state index contributed by atoms with van der Waals surface area (Å²) in [5.41, 5.74) is 0.168. The summed E-state index contributed by atoms with van der Waals surface area (Å²) in [6.45, 7) is 10.2. The average Bonchev–Trinajstić information content (AvgIpc) is 2.21. The van der Waals surface area contributed by atoms with Gasteiger partial charge in [0.05, 0.1) is 13.2 Å². The molecule has 0 heterocycles. The summed E-state index contributed by atoms with van der Waals surface area (Å²) < 4.78 is 5.10. The van der Waals surface area contributed by atoms with Gasteiger partial charge in [0.15, 0.2) is 0 Å². The smallest absolute Gasteiger partial charge is 0.220 e. The molecule has 0 bridgehead atoms. The standard InChI is InChI=1S/C13H27NO3/c1-11(13(2,3)4)10-12(16)14-6-5-8-17-9-7-15/h11,15H,5-10H2,1-4H3,(H,14,16). The molecule has 4 nitrogen and oxygen atoms in total. The number of carbonyl (C=O) groups excluding carboxylic acids is 1. The molecule has 4 heteroatoms. The van der Waals surface area contributed by atoms with Crippen molar-refractivity contribution >= 4 is 5.91 Å². The number of carbonyl (C=O) groups is 1. The first-order valence-electron chi connectivity index (χ1n) is 6.33. The third kappa shape index (κ3) is 9.12. The Morgan fingerprint density at radius 3 is 2.53 bits per heavy atom. The Balaban J connectivity index is 3.53. The second kappa shape index (κ2) is 8.48. The maximum Gasteiger partial charge on any atom is 0.220 e. The molecule has 0 aromatic heterocycles. The van der Waals surface area contributed by atoms with Gasteiger partial charge in [-0.05, 0) is 17.8 Å². The summed E-state index contributed by atoms with van der Waals surface area (Å²) in [5, 5.41) is 11.4. The topological polar surface area (TPSA) is 58.6 Å². The number of hydrogen-bond donors (Lipinski definition) is 2. The van der Waals surface area contributed by atoms with Crippen LogP contribution in [0.1, 0.15) is 40.5 Å². The number of amides is 1. The summed E-state index contributed by atoms with van der Waals surface area (Å²) >= 11 is 0. The molecule has 0 saturated heterocycles. The van der Waals surface area contributed by atoms with Crippen LogP contribution >= 0.6 is 0 Å². The lowest BCUT2D eigenvalue weighted by Crippen LogP contribution is -2.30. The maximum absolute atomic E-state index is 11.6. The first-order chi connectivity index (χ1) is 7.88. The van der Waals surface area contributed by atoms with Crippen molar-refractivity contribution in [2.24, 2.45) is 11.3 Å². The van der Waals surface area contributed by atoms with E-state index in [-0.39, 0.29) is 17.9 Å². The Labute approximate surface area is 105 Å². The van der Waals surface area contributed by atoms with Crippen LogP contribution in [0.5, 0.6) is 0 Å². The van der Waals surface area contributed by atoms with Crippen molar-refractivity contribution in [2.75, 3.05) is 26.4 Å². The maximum atomic E-state index is 11.6. The molecule has 0 radical (unpaired) electrons. The molecular weight excluding hydrogens is 218 g/mol. The van der Waals surface area contributed by atoms with Gasteiger partial charge in [-0.15, -0.1) is 0 Å². The molecule has 0 saturated carbocycles. The highest BCUT2D eigenvalue weighted by Gasteiger charge is 2.22. The third-order valence-corrected chi connectivity index (χ3v) is 2.99. The van der Waals surface area contributed by atoms with Gasteiger partial charge in [-0.2, -0.15) is 0 Å². The largest absolute Gasteiger partial charge is 0.394 e. The van der Waals surface area contributed by atoms with Gasteiger partial charge in [0.2, 0.25) is 5.91 Å². The van der Waals surface area contributed by atoms with Crippen molar-refractivity contribution in [2.45, 2.75) is 40.5 Å². The van der Waals surface area contributed by atoms with Crippen LogP contribution in [0.3, 0.4) is 0 Å². The molecule has 2 N–H and O–H groups in total. The van der Waals surface area contributed by atoms with E-state index in [2.05, 4.69) is 33.0 Å². The summed E-state index contributed by atoms with van der Waals surface area (Å²) in [7, 11) is 0. The predicted octanol–water partition coefficient (Wildman–Crippen LogP) is 1.57. The van der Waals surface area contributed by atoms with Crippen molar-refractivity contribution in [3.63, 3.8) is 0 Å². The van der Waals surface area contributed by atoms with Crippen molar-refractivity contribution < 1.29 is 14.6 Å². The highest BCUT2D eigenvalue weighted by atomic mass is 16.5. The zero-order valence-electron chi connectivity index (χ0n) is 11.6. The van der Waals surface area contributed by atoms with Crippen LogP contribution < -0.4 is 5.32 Å². The Bertz CT molecular complexity index is 211. The van der Waals surface area contributed by atoms with Crippen LogP contribution in [0.15, 0.2) is 0 Å². The fourth-order valence-corrected chi connectivity index (χ4v) is 1.23. The molecule has 1 unspecified atom stereocenters. The third-order valence-electron chi connectivity index (χ3n) is 2.99. The molecule has 0 aromatic rings. The van der Waals surface area contributed by atoms with Gasteiger partial charge in [0.1, 0.15) is 0 Å². The second-order valence-corrected chi connectivity index (χ2v) is 5.51. The summed E-state index contributed by atoms with van der Waals surface area (Å²) in [4.78, 5) is 11.6. The quantitative estimate of drug-likeness (QED) is 0.638. The van der Waals surface area contributed by atoms with E-state index in [0.29, 0.717) is 32.1 Å². The van der Waals surface area contributed by atoms with Crippen LogP contribution in [-0.2, 0) is 9.53 Å². The Morgan fingerprint density at radius 2 is 2.00 bits per heavy atom. The fourth-order valence-electron chi connectivity index (χ4n) is 1.23. The Kier molecular flexibility index (Phi) is 8.17. The van der Waals surface area contributed by atoms with Gasteiger partial charge in [-0.3, -0.25) is 4.79 Å². The van der Waals surface area contributed by atoms with Crippen LogP contribution in [0.25, 0.3) is 0 Å². The number of nitrogens with one attached hydrogen (secondary N) is 1. The average molecular weight is 245 g/mol. The number of aliphatic hydroxyl groups excluding tert-OH is 1. The van der Waals surface area contributed by atoms with E-state index in [1.807, 2.05) is 0 Å². The monoisotopic (exact) mass is 245 g/mol. The molecule has 17 heavy (non-hydrogen) atoms. The van der Waals surface area contributed by atoms with Crippen LogP contribution in [-0.4, -0.2) is 37.4 Å².